The molecule has 2 fully saturated rings. The highest BCUT2D eigenvalue weighted by molar-refractivity contribution is 6.12. The molecule has 10 nitrogen and oxygen atoms in total. The first-order valence-electron chi connectivity index (χ1n) is 15.6. The van der Waals surface area contributed by atoms with E-state index in [1.807, 2.05) is 33.8 Å². The Morgan fingerprint density at radius 1 is 1.09 bits per heavy atom. The summed E-state index contributed by atoms with van der Waals surface area (Å²) in [6.45, 7) is 14.4. The Morgan fingerprint density at radius 2 is 1.91 bits per heavy atom. The van der Waals surface area contributed by atoms with Crippen molar-refractivity contribution in [3.63, 3.8) is 0 Å². The van der Waals surface area contributed by atoms with Gasteiger partial charge in [0.25, 0.3) is 0 Å². The number of piperidine rings is 1. The number of hydrogen-bond acceptors (Lipinski definition) is 8. The Kier molecular flexibility index (Phi) is 6.92. The van der Waals surface area contributed by atoms with Gasteiger partial charge in [0.2, 0.25) is 0 Å². The molecule has 7 rings (SSSR count). The summed E-state index contributed by atoms with van der Waals surface area (Å²) in [4.78, 5) is 32.5. The Labute approximate surface area is 257 Å². The maximum Gasteiger partial charge on any atom is 0.315 e. The molecule has 44 heavy (non-hydrogen) atoms. The van der Waals surface area contributed by atoms with Crippen molar-refractivity contribution in [2.75, 3.05) is 31.1 Å². The van der Waals surface area contributed by atoms with Gasteiger partial charge in [-0.2, -0.15) is 4.98 Å². The van der Waals surface area contributed by atoms with Crippen molar-refractivity contribution in [2.24, 2.45) is 5.41 Å². The van der Waals surface area contributed by atoms with Gasteiger partial charge in [-0.1, -0.05) is 44.1 Å². The molecule has 1 unspecified atom stereocenters. The van der Waals surface area contributed by atoms with E-state index in [4.69, 9.17) is 9.51 Å². The summed E-state index contributed by atoms with van der Waals surface area (Å²) in [5.41, 5.74) is 7.28. The maximum absolute atomic E-state index is 12.9. The number of aromatic amines is 1. The number of nitrogens with zero attached hydrogens (tertiary/aromatic N) is 5. The largest absolute Gasteiger partial charge is 0.371 e. The number of hydrogen-bond donors (Lipinski definition) is 3. The van der Waals surface area contributed by atoms with Crippen LogP contribution in [0.15, 0.2) is 47.2 Å². The van der Waals surface area contributed by atoms with Gasteiger partial charge in [-0.15, -0.1) is 0 Å². The molecule has 5 heterocycles. The fourth-order valence-electron chi connectivity index (χ4n) is 6.86. The molecule has 2 aliphatic heterocycles. The summed E-state index contributed by atoms with van der Waals surface area (Å²) in [6.07, 6.45) is 5.41. The van der Waals surface area contributed by atoms with Crippen LogP contribution in [-0.2, 0) is 5.41 Å². The van der Waals surface area contributed by atoms with Crippen LogP contribution in [-0.4, -0.2) is 57.2 Å². The quantitative estimate of drug-likeness (QED) is 0.233. The van der Waals surface area contributed by atoms with Gasteiger partial charge in [-0.25, -0.2) is 9.97 Å². The second-order valence-corrected chi connectivity index (χ2v) is 13.7. The number of nitrogens with one attached hydrogen (secondary N) is 3. The van der Waals surface area contributed by atoms with Crippen LogP contribution < -0.4 is 15.5 Å². The summed E-state index contributed by atoms with van der Waals surface area (Å²) in [5.74, 6) is 0.0819. The van der Waals surface area contributed by atoms with Crippen LogP contribution in [0.2, 0.25) is 0 Å². The van der Waals surface area contributed by atoms with Gasteiger partial charge in [-0.05, 0) is 74.4 Å². The summed E-state index contributed by atoms with van der Waals surface area (Å²) < 4.78 is 5.23. The number of fused-ring (bicyclic) bond motifs is 3. The molecule has 0 radical (unpaired) electrons. The van der Waals surface area contributed by atoms with Crippen molar-refractivity contribution in [1.82, 2.24) is 35.7 Å². The Hall–Kier alpha value is -4.31. The number of carbonyl (C=O) groups is 1. The van der Waals surface area contributed by atoms with Gasteiger partial charge in [0.05, 0.1) is 17.1 Å². The molecule has 228 valence electrons. The van der Waals surface area contributed by atoms with Crippen LogP contribution >= 0.6 is 0 Å². The van der Waals surface area contributed by atoms with Gasteiger partial charge in [-0.3, -0.25) is 4.79 Å². The van der Waals surface area contributed by atoms with E-state index in [1.54, 1.807) is 6.33 Å². The second kappa shape index (κ2) is 10.7. The first-order valence-corrected chi connectivity index (χ1v) is 15.6. The summed E-state index contributed by atoms with van der Waals surface area (Å²) in [7, 11) is 0. The fraction of sp³-hybridized carbons (Fsp3) is 0.441. The zero-order valence-corrected chi connectivity index (χ0v) is 26.1. The van der Waals surface area contributed by atoms with E-state index in [0.717, 1.165) is 70.5 Å². The number of anilines is 1. The minimum absolute atomic E-state index is 0.0303. The van der Waals surface area contributed by atoms with Gasteiger partial charge < -0.3 is 25.0 Å². The summed E-state index contributed by atoms with van der Waals surface area (Å²) >= 11 is 0. The van der Waals surface area contributed by atoms with E-state index in [2.05, 4.69) is 72.9 Å². The maximum atomic E-state index is 12.9. The molecule has 3 N–H and O–H groups in total. The van der Waals surface area contributed by atoms with E-state index >= 15 is 0 Å². The molecule has 2 aromatic carbocycles. The Balaban J connectivity index is 1.13. The van der Waals surface area contributed by atoms with E-state index in [-0.39, 0.29) is 23.3 Å². The van der Waals surface area contributed by atoms with Gasteiger partial charge in [0, 0.05) is 47.2 Å². The van der Waals surface area contributed by atoms with Crippen LogP contribution in [0.25, 0.3) is 33.2 Å². The highest BCUT2D eigenvalue weighted by Gasteiger charge is 2.37. The number of aromatic nitrogens is 5. The predicted molar refractivity (Wildman–Crippen MR) is 172 cm³/mol. The molecular weight excluding hydrogens is 552 g/mol. The third-order valence-electron chi connectivity index (χ3n) is 9.54. The Bertz CT molecular complexity index is 1850. The minimum atomic E-state index is -0.390. The SMILES string of the molecule is Cc1cc(-c2ncnc3[nH]c4cc(N5CCC6(CCNC6)CC5)ccc4c23)ccc1C(C)NC(=O)c1nc(C(C)(C)C)no1. The fourth-order valence-corrected chi connectivity index (χ4v) is 6.86. The highest BCUT2D eigenvalue weighted by atomic mass is 16.5. The third kappa shape index (κ3) is 5.11. The molecule has 0 aliphatic carbocycles. The zero-order chi connectivity index (χ0) is 30.6. The lowest BCUT2D eigenvalue weighted by Crippen LogP contribution is -2.41. The van der Waals surface area contributed by atoms with Gasteiger partial charge >= 0.3 is 11.8 Å². The van der Waals surface area contributed by atoms with Crippen molar-refractivity contribution >= 4 is 33.5 Å². The van der Waals surface area contributed by atoms with Crippen LogP contribution in [0, 0.1) is 12.3 Å². The molecule has 1 amide bonds. The normalized spacial score (nSPS) is 17.5. The molecule has 0 bridgehead atoms. The van der Waals surface area contributed by atoms with Gasteiger partial charge in [0.1, 0.15) is 12.0 Å². The summed E-state index contributed by atoms with van der Waals surface area (Å²) in [6, 6.07) is 12.7. The number of carbonyl (C=O) groups excluding carboxylic acids is 1. The van der Waals surface area contributed by atoms with Crippen molar-refractivity contribution in [1.29, 1.82) is 0 Å². The number of amides is 1. The molecule has 2 saturated heterocycles. The average Bonchev–Trinajstić information content (AvgIpc) is 3.76. The molecule has 5 aromatic rings. The number of H-pyrrole nitrogens is 1. The van der Waals surface area contributed by atoms with Crippen LogP contribution in [0.1, 0.15) is 80.6 Å². The monoisotopic (exact) mass is 592 g/mol. The van der Waals surface area contributed by atoms with Gasteiger partial charge in [0.15, 0.2) is 5.82 Å². The molecular formula is C34H40N8O2. The summed E-state index contributed by atoms with van der Waals surface area (Å²) in [5, 5.41) is 12.7. The second-order valence-electron chi connectivity index (χ2n) is 13.7. The lowest BCUT2D eigenvalue weighted by Gasteiger charge is -2.40. The smallest absolute Gasteiger partial charge is 0.315 e. The first-order chi connectivity index (χ1) is 21.1. The third-order valence-corrected chi connectivity index (χ3v) is 9.54. The number of aryl methyl sites for hydroxylation is 1. The predicted octanol–water partition coefficient (Wildman–Crippen LogP) is 5.84. The van der Waals surface area contributed by atoms with Crippen molar-refractivity contribution in [3.05, 3.63) is 65.6 Å². The van der Waals surface area contributed by atoms with E-state index in [9.17, 15) is 4.79 Å². The molecule has 0 saturated carbocycles. The van der Waals surface area contributed by atoms with Crippen molar-refractivity contribution in [3.8, 4) is 11.3 Å². The van der Waals surface area contributed by atoms with Crippen LogP contribution in [0.5, 0.6) is 0 Å². The van der Waals surface area contributed by atoms with Crippen molar-refractivity contribution < 1.29 is 9.32 Å². The Morgan fingerprint density at radius 3 is 2.61 bits per heavy atom. The minimum Gasteiger partial charge on any atom is -0.371 e. The lowest BCUT2D eigenvalue weighted by atomic mass is 9.78. The number of rotatable bonds is 5. The topological polar surface area (TPSA) is 125 Å². The van der Waals surface area contributed by atoms with E-state index in [0.29, 0.717) is 11.2 Å². The highest BCUT2D eigenvalue weighted by Crippen LogP contribution is 2.40. The molecule has 10 heteroatoms. The molecule has 2 aliphatic rings. The van der Waals surface area contributed by atoms with Crippen molar-refractivity contribution in [2.45, 2.75) is 65.3 Å². The molecule has 1 spiro atoms. The van der Waals surface area contributed by atoms with E-state index < -0.39 is 0 Å². The molecule has 3 aromatic heterocycles. The lowest BCUT2D eigenvalue weighted by molar-refractivity contribution is 0.0895. The van der Waals surface area contributed by atoms with Crippen LogP contribution in [0.3, 0.4) is 0 Å². The first kappa shape index (κ1) is 28.5. The van der Waals surface area contributed by atoms with E-state index in [1.165, 1.54) is 24.9 Å². The number of benzene rings is 2. The molecule has 1 atom stereocenters. The van der Waals surface area contributed by atoms with Crippen LogP contribution in [0.4, 0.5) is 5.69 Å². The zero-order valence-electron chi connectivity index (χ0n) is 26.1. The average molecular weight is 593 g/mol. The standard InChI is InChI=1S/C34H40N8O2/c1-20-16-22(6-8-24(20)21(2)38-30(43)31-40-32(41-44-31)33(3,4)5)28-27-25-9-7-23(17-26(25)39-29(27)37-19-36-28)42-14-11-34(12-15-42)10-13-35-18-34/h6-9,16-17,19,21,35H,10-15,18H2,1-5H3,(H,38,43)(H,36,37,39).